The van der Waals surface area contributed by atoms with Gasteiger partial charge < -0.3 is 0 Å². The molecule has 1 unspecified atom stereocenters. The molecule has 68 valence electrons. The Kier molecular flexibility index (Phi) is 1.78. The van der Waals surface area contributed by atoms with E-state index in [0.29, 0.717) is 10.6 Å². The highest BCUT2D eigenvalue weighted by atomic mass is 32.2. The van der Waals surface area contributed by atoms with E-state index in [9.17, 15) is 10.1 Å². The first-order chi connectivity index (χ1) is 6.18. The fourth-order valence-electron chi connectivity index (χ4n) is 1.21. The molecule has 1 aromatic rings. The molecule has 6 heteroatoms. The van der Waals surface area contributed by atoms with Crippen LogP contribution in [-0.2, 0) is 0 Å². The van der Waals surface area contributed by atoms with E-state index < -0.39 is 16.2 Å². The second-order valence-electron chi connectivity index (χ2n) is 2.58. The number of hydrogen-bond donors (Lipinski definition) is 2. The van der Waals surface area contributed by atoms with Crippen LogP contribution in [0.1, 0.15) is 0 Å². The van der Waals surface area contributed by atoms with Crippen molar-refractivity contribution in [2.24, 2.45) is 9.54 Å². The summed E-state index contributed by atoms with van der Waals surface area (Å²) in [5, 5.41) is 19.0. The summed E-state index contributed by atoms with van der Waals surface area (Å²) in [5.41, 5.74) is 0.0803. The summed E-state index contributed by atoms with van der Waals surface area (Å²) in [4.78, 5) is 10.2. The van der Waals surface area contributed by atoms with Gasteiger partial charge in [0.15, 0.2) is 0 Å². The van der Waals surface area contributed by atoms with E-state index in [1.165, 1.54) is 6.07 Å². The van der Waals surface area contributed by atoms with E-state index in [2.05, 4.69) is 4.40 Å². The lowest BCUT2D eigenvalue weighted by atomic mass is 10.2. The average Bonchev–Trinajstić information content (AvgIpc) is 2.43. The highest BCUT2D eigenvalue weighted by molar-refractivity contribution is 8.20. The van der Waals surface area contributed by atoms with Crippen LogP contribution in [0.2, 0.25) is 0 Å². The Morgan fingerprint density at radius 2 is 2.31 bits per heavy atom. The first-order valence-corrected chi connectivity index (χ1v) is 4.99. The van der Waals surface area contributed by atoms with Crippen molar-refractivity contribution in [1.29, 1.82) is 0 Å². The van der Waals surface area contributed by atoms with E-state index in [-0.39, 0.29) is 5.69 Å². The smallest absolute Gasteiger partial charge is 0.277 e. The molecule has 0 saturated carbocycles. The highest BCUT2D eigenvalue weighted by Gasteiger charge is 2.12. The minimum absolute atomic E-state index is 0.0803. The first-order valence-electron chi connectivity index (χ1n) is 3.56. The zero-order valence-electron chi connectivity index (χ0n) is 6.54. The largest absolute Gasteiger partial charge is 0.279 e. The molecule has 1 aliphatic heterocycles. The fourth-order valence-corrected chi connectivity index (χ4v) is 2.22. The fraction of sp³-hybridized carbons (Fsp3) is 0. The quantitative estimate of drug-likeness (QED) is 0.370. The van der Waals surface area contributed by atoms with Gasteiger partial charge in [-0.25, -0.2) is 4.40 Å². The Labute approximate surface area is 76.4 Å². The summed E-state index contributed by atoms with van der Waals surface area (Å²) in [6.45, 7) is 0. The number of rotatable bonds is 1. The van der Waals surface area contributed by atoms with E-state index in [0.717, 1.165) is 0 Å². The minimum atomic E-state index is -1.04. The van der Waals surface area contributed by atoms with Gasteiger partial charge in [-0.2, -0.15) is 0 Å². The van der Waals surface area contributed by atoms with Crippen molar-refractivity contribution in [2.45, 2.75) is 0 Å². The van der Waals surface area contributed by atoms with Crippen LogP contribution in [0.5, 0.6) is 0 Å². The molecular weight excluding hydrogens is 190 g/mol. The number of hydrogen-bond acceptors (Lipinski definition) is 4. The van der Waals surface area contributed by atoms with Crippen LogP contribution >= 0.6 is 11.3 Å². The molecule has 1 heterocycles. The zero-order chi connectivity index (χ0) is 9.42. The lowest BCUT2D eigenvalue weighted by molar-refractivity contribution is -0.385. The summed E-state index contributed by atoms with van der Waals surface area (Å²) in [6.07, 6.45) is 0. The number of benzene rings is 1. The van der Waals surface area contributed by atoms with E-state index in [1.54, 1.807) is 17.5 Å². The van der Waals surface area contributed by atoms with Gasteiger partial charge in [0.25, 0.3) is 5.69 Å². The number of nitro benzene ring substituents is 1. The van der Waals surface area contributed by atoms with Crippen LogP contribution in [-0.4, -0.2) is 4.92 Å². The summed E-state index contributed by atoms with van der Waals surface area (Å²) in [6, 6.07) is 4.80. The minimum Gasteiger partial charge on any atom is -0.277 e. The molecule has 13 heavy (non-hydrogen) atoms. The second kappa shape index (κ2) is 2.82. The van der Waals surface area contributed by atoms with Crippen LogP contribution in [0.25, 0.3) is 5.41 Å². The van der Waals surface area contributed by atoms with Crippen molar-refractivity contribution in [1.82, 2.24) is 0 Å². The van der Waals surface area contributed by atoms with Crippen molar-refractivity contribution in [3.05, 3.63) is 38.9 Å². The van der Waals surface area contributed by atoms with E-state index in [1.807, 2.05) is 0 Å². The maximum absolute atomic E-state index is 10.6. The first kappa shape index (κ1) is 8.21. The van der Waals surface area contributed by atoms with Gasteiger partial charge >= 0.3 is 0 Å². The lowest BCUT2D eigenvalue weighted by Crippen LogP contribution is -2.23. The topological polar surface area (TPSA) is 81.5 Å². The van der Waals surface area contributed by atoms with Crippen molar-refractivity contribution < 1.29 is 4.92 Å². The number of thiol groups is 1. The standard InChI is InChI=1S/C7H7N3O2S/c8-13-4-5-6(9-13)2-1-3-7(5)10(11)12/h1-4,13H,8H2. The molecule has 1 aromatic carbocycles. The van der Waals surface area contributed by atoms with Crippen molar-refractivity contribution in [2.75, 3.05) is 0 Å². The van der Waals surface area contributed by atoms with Crippen molar-refractivity contribution in [3.63, 3.8) is 0 Å². The molecule has 0 aliphatic carbocycles. The third-order valence-electron chi connectivity index (χ3n) is 1.74. The summed E-state index contributed by atoms with van der Waals surface area (Å²) in [7, 11) is 0. The molecule has 0 bridgehead atoms. The second-order valence-corrected chi connectivity index (χ2v) is 3.79. The predicted molar refractivity (Wildman–Crippen MR) is 51.5 cm³/mol. The van der Waals surface area contributed by atoms with Crippen LogP contribution < -0.4 is 15.7 Å². The predicted octanol–water partition coefficient (Wildman–Crippen LogP) is -0.244. The van der Waals surface area contributed by atoms with E-state index in [4.69, 9.17) is 5.14 Å². The maximum Gasteiger partial charge on any atom is 0.279 e. The van der Waals surface area contributed by atoms with Crippen LogP contribution in [0.4, 0.5) is 5.69 Å². The zero-order valence-corrected chi connectivity index (χ0v) is 7.44. The summed E-state index contributed by atoms with van der Waals surface area (Å²) >= 11 is -1.04. The molecule has 0 fully saturated rings. The van der Waals surface area contributed by atoms with Crippen LogP contribution in [0.15, 0.2) is 22.6 Å². The van der Waals surface area contributed by atoms with Crippen LogP contribution in [0.3, 0.4) is 0 Å². The van der Waals surface area contributed by atoms with Gasteiger partial charge in [-0.1, -0.05) is 17.3 Å². The van der Waals surface area contributed by atoms with Gasteiger partial charge in [0.2, 0.25) is 0 Å². The van der Waals surface area contributed by atoms with Gasteiger partial charge in [-0.15, -0.1) is 0 Å². The maximum atomic E-state index is 10.6. The van der Waals surface area contributed by atoms with Gasteiger partial charge in [-0.3, -0.25) is 15.3 Å². The molecule has 2 rings (SSSR count). The summed E-state index contributed by atoms with van der Waals surface area (Å²) in [5.74, 6) is 0. The SMILES string of the molecule is N[SH]1C=c2c([N+](=O)[O-])cccc2=N1. The van der Waals surface area contributed by atoms with Gasteiger partial charge in [0.05, 0.1) is 15.5 Å². The normalized spacial score (nSPS) is 21.5. The number of fused-ring (bicyclic) bond motifs is 1. The molecule has 0 spiro atoms. The number of nitrogens with two attached hydrogens (primary N) is 1. The van der Waals surface area contributed by atoms with Crippen LogP contribution in [0, 0.1) is 10.1 Å². The molecule has 0 radical (unpaired) electrons. The van der Waals surface area contributed by atoms with Gasteiger partial charge in [-0.05, 0) is 11.5 Å². The monoisotopic (exact) mass is 197 g/mol. The molecule has 1 aliphatic rings. The Bertz CT molecular complexity index is 485. The Balaban J connectivity index is 2.80. The number of nitro groups is 1. The Hall–Kier alpha value is -1.40. The molecule has 0 amide bonds. The van der Waals surface area contributed by atoms with Crippen molar-refractivity contribution >= 4 is 22.4 Å². The molecule has 5 nitrogen and oxygen atoms in total. The van der Waals surface area contributed by atoms with Gasteiger partial charge in [0.1, 0.15) is 0 Å². The number of non-ortho nitro benzene ring substituents is 1. The Morgan fingerprint density at radius 3 is 3.00 bits per heavy atom. The molecule has 0 aromatic heterocycles. The molecule has 0 saturated heterocycles. The molecule has 1 atom stereocenters. The van der Waals surface area contributed by atoms with Crippen molar-refractivity contribution in [3.8, 4) is 0 Å². The lowest BCUT2D eigenvalue weighted by Gasteiger charge is -1.93. The number of nitrogens with zero attached hydrogens (tertiary/aromatic N) is 2. The average molecular weight is 197 g/mol. The highest BCUT2D eigenvalue weighted by Crippen LogP contribution is 2.20. The van der Waals surface area contributed by atoms with E-state index >= 15 is 0 Å². The third-order valence-corrected chi connectivity index (χ3v) is 2.71. The Morgan fingerprint density at radius 1 is 1.54 bits per heavy atom. The molecular formula is C7H7N3O2S. The molecule has 2 N–H and O–H groups in total. The third kappa shape index (κ3) is 1.30. The summed E-state index contributed by atoms with van der Waals surface area (Å²) < 4.78 is 4.08. The van der Waals surface area contributed by atoms with Gasteiger partial charge in [0, 0.05) is 6.07 Å².